The number of hydrogen-bond acceptors (Lipinski definition) is 4. The Hall–Kier alpha value is -0.720. The number of carboxylic acids is 1. The van der Waals surface area contributed by atoms with E-state index < -0.39 is 12.0 Å². The van der Waals surface area contributed by atoms with Crippen molar-refractivity contribution in [2.24, 2.45) is 0 Å². The van der Waals surface area contributed by atoms with Gasteiger partial charge in [-0.3, -0.25) is 10.1 Å². The minimum atomic E-state index is -0.794. The van der Waals surface area contributed by atoms with Crippen molar-refractivity contribution in [2.45, 2.75) is 24.8 Å². The average Bonchev–Trinajstić information content (AvgIpc) is 2.87. The van der Waals surface area contributed by atoms with Crippen LogP contribution in [0.5, 0.6) is 5.75 Å². The topological polar surface area (TPSA) is 58.6 Å². The van der Waals surface area contributed by atoms with Gasteiger partial charge in [-0.1, -0.05) is 13.0 Å². The van der Waals surface area contributed by atoms with Crippen LogP contribution in [0, 0.1) is 0 Å². The normalized spacial score (nSPS) is 22.4. The summed E-state index contributed by atoms with van der Waals surface area (Å²) in [6.45, 7) is 2.75. The number of hydrogen-bond donors (Lipinski definition) is 2. The molecule has 2 N–H and O–H groups in total. The molecule has 0 aromatic heterocycles. The maximum atomic E-state index is 10.9. The summed E-state index contributed by atoms with van der Waals surface area (Å²) in [7, 11) is 0. The van der Waals surface area contributed by atoms with E-state index in [1.54, 1.807) is 11.8 Å². The first kappa shape index (κ1) is 14.7. The molecular weight excluding hydrogens is 330 g/mol. The van der Waals surface area contributed by atoms with Gasteiger partial charge in [0.25, 0.3) is 0 Å². The molecule has 1 heterocycles. The van der Waals surface area contributed by atoms with Gasteiger partial charge in [0, 0.05) is 5.75 Å². The highest BCUT2D eigenvalue weighted by Gasteiger charge is 2.30. The van der Waals surface area contributed by atoms with E-state index in [0.717, 1.165) is 22.2 Å². The molecule has 19 heavy (non-hydrogen) atoms. The zero-order valence-electron chi connectivity index (χ0n) is 10.6. The summed E-state index contributed by atoms with van der Waals surface area (Å²) in [6, 6.07) is 5.42. The minimum absolute atomic E-state index is 0.0256. The second kappa shape index (κ2) is 6.63. The smallest absolute Gasteiger partial charge is 0.321 e. The van der Waals surface area contributed by atoms with Crippen molar-refractivity contribution in [1.82, 2.24) is 5.32 Å². The molecular formula is C13H16BrNO3S. The highest BCUT2D eigenvalue weighted by atomic mass is 79.9. The van der Waals surface area contributed by atoms with E-state index >= 15 is 0 Å². The maximum Gasteiger partial charge on any atom is 0.321 e. The van der Waals surface area contributed by atoms with E-state index in [9.17, 15) is 4.79 Å². The second-order valence-corrected chi connectivity index (χ2v) is 6.30. The summed E-state index contributed by atoms with van der Waals surface area (Å²) in [4.78, 5) is 10.9. The molecule has 1 saturated heterocycles. The molecule has 0 spiro atoms. The lowest BCUT2D eigenvalue weighted by atomic mass is 10.2. The number of rotatable bonds is 5. The fraction of sp³-hybridized carbons (Fsp3) is 0.462. The number of benzene rings is 1. The number of thioether (sulfide) groups is 1. The van der Waals surface area contributed by atoms with E-state index in [0.29, 0.717) is 12.4 Å². The third-order valence-electron chi connectivity index (χ3n) is 2.80. The summed E-state index contributed by atoms with van der Waals surface area (Å²) in [5.41, 5.74) is 1.06. The van der Waals surface area contributed by atoms with Crippen LogP contribution in [-0.4, -0.2) is 29.5 Å². The molecule has 0 amide bonds. The minimum Gasteiger partial charge on any atom is -0.492 e. The molecule has 2 rings (SSSR count). The summed E-state index contributed by atoms with van der Waals surface area (Å²) in [5, 5.41) is 12.1. The zero-order valence-corrected chi connectivity index (χ0v) is 13.0. The molecule has 0 bridgehead atoms. The van der Waals surface area contributed by atoms with Crippen LogP contribution in [0.3, 0.4) is 0 Å². The Kier molecular flexibility index (Phi) is 5.13. The van der Waals surface area contributed by atoms with Gasteiger partial charge >= 0.3 is 5.97 Å². The third-order valence-corrected chi connectivity index (χ3v) is 4.69. The quantitative estimate of drug-likeness (QED) is 0.858. The van der Waals surface area contributed by atoms with Crippen LogP contribution in [0.4, 0.5) is 0 Å². The van der Waals surface area contributed by atoms with Crippen molar-refractivity contribution >= 4 is 33.7 Å². The standard InChI is InChI=1S/C13H16BrNO3S/c1-2-5-18-11-4-3-8(6-9(11)14)12-15-10(7-19-12)13(16)17/h3-4,6,10,12,15H,2,5,7H2,1H3,(H,16,17). The summed E-state index contributed by atoms with van der Waals surface area (Å²) < 4.78 is 6.50. The largest absolute Gasteiger partial charge is 0.492 e. The Labute approximate surface area is 125 Å². The average molecular weight is 346 g/mol. The SMILES string of the molecule is CCCOc1ccc(C2NC(C(=O)O)CS2)cc1Br. The van der Waals surface area contributed by atoms with Gasteiger partial charge in [0.1, 0.15) is 11.8 Å². The number of nitrogens with one attached hydrogen (secondary N) is 1. The van der Waals surface area contributed by atoms with Crippen molar-refractivity contribution < 1.29 is 14.6 Å². The summed E-state index contributed by atoms with van der Waals surface area (Å²) in [6.07, 6.45) is 0.967. The Morgan fingerprint density at radius 1 is 1.63 bits per heavy atom. The van der Waals surface area contributed by atoms with Gasteiger partial charge in [-0.05, 0) is 40.0 Å². The number of ether oxygens (including phenoxy) is 1. The Morgan fingerprint density at radius 3 is 3.00 bits per heavy atom. The van der Waals surface area contributed by atoms with Gasteiger partial charge in [0.05, 0.1) is 16.5 Å². The van der Waals surface area contributed by atoms with Crippen LogP contribution in [0.1, 0.15) is 24.3 Å². The number of carbonyl (C=O) groups is 1. The molecule has 2 unspecified atom stereocenters. The van der Waals surface area contributed by atoms with E-state index in [1.807, 2.05) is 18.2 Å². The molecule has 6 heteroatoms. The Balaban J connectivity index is 2.06. The van der Waals surface area contributed by atoms with Gasteiger partial charge in [-0.2, -0.15) is 0 Å². The van der Waals surface area contributed by atoms with Crippen molar-refractivity contribution in [2.75, 3.05) is 12.4 Å². The van der Waals surface area contributed by atoms with Gasteiger partial charge < -0.3 is 9.84 Å². The maximum absolute atomic E-state index is 10.9. The van der Waals surface area contributed by atoms with Crippen molar-refractivity contribution in [3.63, 3.8) is 0 Å². The van der Waals surface area contributed by atoms with Gasteiger partial charge in [0.2, 0.25) is 0 Å². The summed E-state index contributed by atoms with van der Waals surface area (Å²) >= 11 is 5.10. The number of carboxylic acid groups (broad SMARTS) is 1. The Bertz CT molecular complexity index is 469. The molecule has 0 aliphatic carbocycles. The van der Waals surface area contributed by atoms with Gasteiger partial charge in [-0.15, -0.1) is 11.8 Å². The number of aliphatic carboxylic acids is 1. The fourth-order valence-electron chi connectivity index (χ4n) is 1.82. The molecule has 104 valence electrons. The first-order chi connectivity index (χ1) is 9.11. The van der Waals surface area contributed by atoms with E-state index in [4.69, 9.17) is 9.84 Å². The first-order valence-electron chi connectivity index (χ1n) is 6.14. The molecule has 1 fully saturated rings. The lowest BCUT2D eigenvalue weighted by molar-refractivity contribution is -0.138. The summed E-state index contributed by atoms with van der Waals surface area (Å²) in [5.74, 6) is 0.617. The molecule has 1 aliphatic rings. The van der Waals surface area contributed by atoms with Crippen LogP contribution in [-0.2, 0) is 4.79 Å². The van der Waals surface area contributed by atoms with Crippen molar-refractivity contribution in [3.05, 3.63) is 28.2 Å². The first-order valence-corrected chi connectivity index (χ1v) is 7.98. The van der Waals surface area contributed by atoms with E-state index in [2.05, 4.69) is 28.2 Å². The molecule has 2 atom stereocenters. The lowest BCUT2D eigenvalue weighted by Crippen LogP contribution is -2.33. The van der Waals surface area contributed by atoms with Crippen molar-refractivity contribution in [1.29, 1.82) is 0 Å². The second-order valence-electron chi connectivity index (χ2n) is 4.31. The number of halogens is 1. The zero-order chi connectivity index (χ0) is 13.8. The predicted octanol–water partition coefficient (Wildman–Crippen LogP) is 3.03. The molecule has 0 radical (unpaired) electrons. The van der Waals surface area contributed by atoms with Crippen LogP contribution < -0.4 is 10.1 Å². The van der Waals surface area contributed by atoms with Crippen LogP contribution in [0.15, 0.2) is 22.7 Å². The molecule has 1 aromatic rings. The molecule has 0 saturated carbocycles. The van der Waals surface area contributed by atoms with Crippen LogP contribution in [0.25, 0.3) is 0 Å². The van der Waals surface area contributed by atoms with E-state index in [1.165, 1.54) is 0 Å². The Morgan fingerprint density at radius 2 is 2.42 bits per heavy atom. The van der Waals surface area contributed by atoms with Gasteiger partial charge in [0.15, 0.2) is 0 Å². The fourth-order valence-corrected chi connectivity index (χ4v) is 3.55. The lowest BCUT2D eigenvalue weighted by Gasteiger charge is -2.14. The molecule has 4 nitrogen and oxygen atoms in total. The molecule has 1 aliphatic heterocycles. The molecule has 1 aromatic carbocycles. The highest BCUT2D eigenvalue weighted by Crippen LogP contribution is 2.36. The van der Waals surface area contributed by atoms with Gasteiger partial charge in [-0.25, -0.2) is 0 Å². The van der Waals surface area contributed by atoms with E-state index in [-0.39, 0.29) is 5.37 Å². The predicted molar refractivity (Wildman–Crippen MR) is 79.7 cm³/mol. The van der Waals surface area contributed by atoms with Crippen LogP contribution >= 0.6 is 27.7 Å². The third kappa shape index (κ3) is 3.64. The monoisotopic (exact) mass is 345 g/mol. The van der Waals surface area contributed by atoms with Crippen LogP contribution in [0.2, 0.25) is 0 Å². The van der Waals surface area contributed by atoms with Crippen molar-refractivity contribution in [3.8, 4) is 5.75 Å². The highest BCUT2D eigenvalue weighted by molar-refractivity contribution is 9.10.